The molecule has 1 N–H and O–H groups in total. The number of aryl methyl sites for hydroxylation is 1. The van der Waals surface area contributed by atoms with Crippen molar-refractivity contribution in [1.82, 2.24) is 15.1 Å². The van der Waals surface area contributed by atoms with Gasteiger partial charge in [-0.05, 0) is 62.5 Å². The first-order chi connectivity index (χ1) is 12.1. The van der Waals surface area contributed by atoms with Crippen molar-refractivity contribution in [2.75, 3.05) is 20.1 Å². The lowest BCUT2D eigenvalue weighted by atomic mass is 9.88. The van der Waals surface area contributed by atoms with Crippen LogP contribution in [0.25, 0.3) is 22.2 Å². The zero-order valence-electron chi connectivity index (χ0n) is 14.7. The van der Waals surface area contributed by atoms with Crippen LogP contribution < -0.4 is 0 Å². The lowest BCUT2D eigenvalue weighted by molar-refractivity contribution is 0.251. The van der Waals surface area contributed by atoms with Gasteiger partial charge in [0.25, 0.3) is 0 Å². The molecule has 4 nitrogen and oxygen atoms in total. The molecule has 3 aromatic rings. The molecule has 1 aliphatic rings. The maximum Gasteiger partial charge on any atom is 0.125 e. The molecule has 1 aliphatic heterocycles. The Labute approximate surface area is 148 Å². The highest BCUT2D eigenvalue weighted by Gasteiger charge is 2.22. The van der Waals surface area contributed by atoms with Gasteiger partial charge in [-0.3, -0.25) is 0 Å². The number of piperidine rings is 1. The van der Waals surface area contributed by atoms with Gasteiger partial charge in [-0.1, -0.05) is 30.3 Å². The summed E-state index contributed by atoms with van der Waals surface area (Å²) in [5.41, 5.74) is 4.85. The van der Waals surface area contributed by atoms with Crippen LogP contribution in [0.1, 0.15) is 29.9 Å². The molecule has 0 radical (unpaired) electrons. The van der Waals surface area contributed by atoms with Crippen LogP contribution in [0.2, 0.25) is 0 Å². The Bertz CT molecular complexity index is 922. The monoisotopic (exact) mass is 333 g/mol. The van der Waals surface area contributed by atoms with Crippen molar-refractivity contribution in [3.63, 3.8) is 0 Å². The molecule has 25 heavy (non-hydrogen) atoms. The summed E-state index contributed by atoms with van der Waals surface area (Å²) in [6.45, 7) is 4.31. The van der Waals surface area contributed by atoms with E-state index >= 15 is 0 Å². The molecule has 0 aliphatic carbocycles. The van der Waals surface area contributed by atoms with Gasteiger partial charge in [0.15, 0.2) is 0 Å². The van der Waals surface area contributed by atoms with Crippen LogP contribution >= 0.6 is 0 Å². The van der Waals surface area contributed by atoms with Gasteiger partial charge in [0.1, 0.15) is 11.4 Å². The van der Waals surface area contributed by atoms with Gasteiger partial charge >= 0.3 is 0 Å². The molecule has 1 unspecified atom stereocenters. The number of aromatic hydroxyl groups is 1. The first-order valence-corrected chi connectivity index (χ1v) is 8.88. The number of aromatic nitrogens is 2. The van der Waals surface area contributed by atoms with Crippen molar-refractivity contribution in [3.05, 3.63) is 53.6 Å². The standard InChI is InChI=1S/C21H23N3O/c1-14-16-9-5-10-17(15-7-6-12-24(2)13-15)21(16)23-22-20(14)18-8-3-4-11-19(18)25/h3-5,8-11,15,25H,6-7,12-13H2,1-2H3. The number of rotatable bonds is 2. The van der Waals surface area contributed by atoms with E-state index in [4.69, 9.17) is 0 Å². The van der Waals surface area contributed by atoms with Crippen LogP contribution in [-0.4, -0.2) is 40.3 Å². The van der Waals surface area contributed by atoms with Gasteiger partial charge < -0.3 is 10.0 Å². The Balaban J connectivity index is 1.85. The van der Waals surface area contributed by atoms with Crippen LogP contribution in [0.5, 0.6) is 5.75 Å². The van der Waals surface area contributed by atoms with E-state index in [0.29, 0.717) is 5.92 Å². The molecular weight excluding hydrogens is 310 g/mol. The summed E-state index contributed by atoms with van der Waals surface area (Å²) >= 11 is 0. The number of benzene rings is 2. The van der Waals surface area contributed by atoms with Crippen molar-refractivity contribution in [2.45, 2.75) is 25.7 Å². The third kappa shape index (κ3) is 2.87. The molecule has 1 aromatic heterocycles. The lowest BCUT2D eigenvalue weighted by Crippen LogP contribution is -2.31. The molecular formula is C21H23N3O. The molecule has 2 heterocycles. The van der Waals surface area contributed by atoms with E-state index in [1.54, 1.807) is 6.07 Å². The van der Waals surface area contributed by atoms with E-state index in [2.05, 4.69) is 47.3 Å². The minimum Gasteiger partial charge on any atom is -0.507 e. The molecule has 128 valence electrons. The highest BCUT2D eigenvalue weighted by atomic mass is 16.3. The molecule has 1 fully saturated rings. The van der Waals surface area contributed by atoms with Crippen LogP contribution in [-0.2, 0) is 0 Å². The van der Waals surface area contributed by atoms with E-state index in [-0.39, 0.29) is 5.75 Å². The summed E-state index contributed by atoms with van der Waals surface area (Å²) in [5, 5.41) is 20.4. The van der Waals surface area contributed by atoms with Crippen molar-refractivity contribution >= 4 is 10.9 Å². The second kappa shape index (κ2) is 6.45. The maximum absolute atomic E-state index is 10.2. The predicted molar refractivity (Wildman–Crippen MR) is 101 cm³/mol. The van der Waals surface area contributed by atoms with Gasteiger partial charge in [0.2, 0.25) is 0 Å². The fraction of sp³-hybridized carbons (Fsp3) is 0.333. The molecule has 4 rings (SSSR count). The highest BCUT2D eigenvalue weighted by molar-refractivity contribution is 5.89. The SMILES string of the molecule is Cc1c(-c2ccccc2O)nnc2c(C3CCCN(C)C3)cccc12. The number of likely N-dealkylation sites (tertiary alicyclic amines) is 1. The first kappa shape index (κ1) is 16.0. The first-order valence-electron chi connectivity index (χ1n) is 8.88. The topological polar surface area (TPSA) is 49.3 Å². The largest absolute Gasteiger partial charge is 0.507 e. The van der Waals surface area contributed by atoms with E-state index < -0.39 is 0 Å². The minimum atomic E-state index is 0.240. The van der Waals surface area contributed by atoms with Gasteiger partial charge in [0.05, 0.1) is 5.52 Å². The van der Waals surface area contributed by atoms with Gasteiger partial charge in [-0.2, -0.15) is 0 Å². The fourth-order valence-electron chi connectivity index (χ4n) is 3.96. The number of hydrogen-bond donors (Lipinski definition) is 1. The quantitative estimate of drug-likeness (QED) is 0.766. The van der Waals surface area contributed by atoms with Gasteiger partial charge in [0, 0.05) is 17.5 Å². The van der Waals surface area contributed by atoms with E-state index in [1.165, 1.54) is 24.9 Å². The number of para-hydroxylation sites is 1. The zero-order chi connectivity index (χ0) is 17.4. The molecule has 0 amide bonds. The number of phenolic OH excluding ortho intramolecular Hbond substituents is 1. The molecule has 0 saturated carbocycles. The number of nitrogens with zero attached hydrogens (tertiary/aromatic N) is 3. The molecule has 0 spiro atoms. The van der Waals surface area contributed by atoms with Crippen LogP contribution in [0.3, 0.4) is 0 Å². The summed E-state index contributed by atoms with van der Waals surface area (Å²) in [4.78, 5) is 2.39. The number of fused-ring (bicyclic) bond motifs is 1. The van der Waals surface area contributed by atoms with E-state index in [1.807, 2.05) is 18.2 Å². The maximum atomic E-state index is 10.2. The predicted octanol–water partition coefficient (Wildman–Crippen LogP) is 4.12. The molecule has 0 bridgehead atoms. The zero-order valence-corrected chi connectivity index (χ0v) is 14.7. The van der Waals surface area contributed by atoms with Crippen molar-refractivity contribution in [3.8, 4) is 17.0 Å². The third-order valence-corrected chi connectivity index (χ3v) is 5.30. The Kier molecular flexibility index (Phi) is 4.14. The average molecular weight is 333 g/mol. The number of phenols is 1. The molecule has 1 saturated heterocycles. The van der Waals surface area contributed by atoms with E-state index in [9.17, 15) is 5.11 Å². The van der Waals surface area contributed by atoms with Crippen LogP contribution in [0.4, 0.5) is 0 Å². The second-order valence-corrected chi connectivity index (χ2v) is 7.04. The summed E-state index contributed by atoms with van der Waals surface area (Å²) in [5.74, 6) is 0.747. The second-order valence-electron chi connectivity index (χ2n) is 7.04. The number of likely N-dealkylation sites (N-methyl/N-ethyl adjacent to an activating group) is 1. The molecule has 2 aromatic carbocycles. The minimum absolute atomic E-state index is 0.240. The summed E-state index contributed by atoms with van der Waals surface area (Å²) in [6, 6.07) is 13.7. The number of hydrogen-bond acceptors (Lipinski definition) is 4. The van der Waals surface area contributed by atoms with Crippen molar-refractivity contribution in [1.29, 1.82) is 0 Å². The highest BCUT2D eigenvalue weighted by Crippen LogP contribution is 2.35. The fourth-order valence-corrected chi connectivity index (χ4v) is 3.96. The molecule has 1 atom stereocenters. The van der Waals surface area contributed by atoms with Crippen molar-refractivity contribution in [2.24, 2.45) is 0 Å². The Morgan fingerprint density at radius 3 is 2.72 bits per heavy atom. The Morgan fingerprint density at radius 1 is 1.08 bits per heavy atom. The Hall–Kier alpha value is -2.46. The van der Waals surface area contributed by atoms with Gasteiger partial charge in [-0.15, -0.1) is 10.2 Å². The third-order valence-electron chi connectivity index (χ3n) is 5.30. The average Bonchev–Trinajstić information content (AvgIpc) is 2.63. The van der Waals surface area contributed by atoms with Crippen LogP contribution in [0.15, 0.2) is 42.5 Å². The Morgan fingerprint density at radius 2 is 1.92 bits per heavy atom. The summed E-state index contributed by atoms with van der Waals surface area (Å²) in [6.07, 6.45) is 2.42. The summed E-state index contributed by atoms with van der Waals surface area (Å²) < 4.78 is 0. The van der Waals surface area contributed by atoms with Crippen LogP contribution in [0, 0.1) is 6.92 Å². The summed E-state index contributed by atoms with van der Waals surface area (Å²) in [7, 11) is 2.19. The van der Waals surface area contributed by atoms with Crippen molar-refractivity contribution < 1.29 is 5.11 Å². The van der Waals surface area contributed by atoms with Gasteiger partial charge in [-0.25, -0.2) is 0 Å². The lowest BCUT2D eigenvalue weighted by Gasteiger charge is -2.30. The normalized spacial score (nSPS) is 18.6. The molecule has 4 heteroatoms. The smallest absolute Gasteiger partial charge is 0.125 e. The van der Waals surface area contributed by atoms with E-state index in [0.717, 1.165) is 34.3 Å².